The van der Waals surface area contributed by atoms with E-state index >= 15 is 0 Å². The number of hydrogen-bond donors (Lipinski definition) is 0. The lowest BCUT2D eigenvalue weighted by molar-refractivity contribution is -0.384. The molecule has 0 unspecified atom stereocenters. The fourth-order valence-electron chi connectivity index (χ4n) is 2.51. The van der Waals surface area contributed by atoms with Gasteiger partial charge in [-0.2, -0.15) is 9.67 Å². The second kappa shape index (κ2) is 7.56. The van der Waals surface area contributed by atoms with Crippen molar-refractivity contribution in [2.45, 2.75) is 17.8 Å². The Kier molecular flexibility index (Phi) is 4.81. The van der Waals surface area contributed by atoms with E-state index < -0.39 is 4.92 Å². The fraction of sp³-hybridized carbons (Fsp3) is 0.118. The molecule has 0 radical (unpaired) electrons. The molecule has 0 aliphatic heterocycles. The van der Waals surface area contributed by atoms with Crippen LogP contribution in [0.3, 0.4) is 0 Å². The van der Waals surface area contributed by atoms with Gasteiger partial charge in [0.05, 0.1) is 16.4 Å². The quantitative estimate of drug-likeness (QED) is 0.275. The molecule has 2 heterocycles. The standard InChI is InChI=1S/C17H13N7O3S/c1-11-4-2-6-13(8-11)23-17(19-21-22-23)28-10-15-18-16(20-27-15)12-5-3-7-14(9-12)24(25)26/h2-9H,10H2,1H3. The van der Waals surface area contributed by atoms with Crippen molar-refractivity contribution >= 4 is 17.4 Å². The Balaban J connectivity index is 1.50. The second-order valence-corrected chi connectivity index (χ2v) is 6.76. The van der Waals surface area contributed by atoms with Crippen LogP contribution >= 0.6 is 11.8 Å². The van der Waals surface area contributed by atoms with Crippen LogP contribution in [0, 0.1) is 17.0 Å². The van der Waals surface area contributed by atoms with Crippen LogP contribution in [0.4, 0.5) is 5.69 Å². The van der Waals surface area contributed by atoms with Crippen LogP contribution in [-0.2, 0) is 5.75 Å². The molecule has 2 aromatic carbocycles. The summed E-state index contributed by atoms with van der Waals surface area (Å²) >= 11 is 1.35. The van der Waals surface area contributed by atoms with Crippen LogP contribution in [0.1, 0.15) is 11.5 Å². The van der Waals surface area contributed by atoms with Crippen LogP contribution in [0.15, 0.2) is 58.2 Å². The molecule has 10 nitrogen and oxygen atoms in total. The largest absolute Gasteiger partial charge is 0.338 e. The number of benzene rings is 2. The third kappa shape index (κ3) is 3.74. The lowest BCUT2D eigenvalue weighted by Crippen LogP contribution is -1.99. The van der Waals surface area contributed by atoms with Crippen LogP contribution < -0.4 is 0 Å². The second-order valence-electron chi connectivity index (χ2n) is 5.82. The Morgan fingerprint density at radius 3 is 2.89 bits per heavy atom. The van der Waals surface area contributed by atoms with E-state index in [4.69, 9.17) is 4.52 Å². The van der Waals surface area contributed by atoms with Gasteiger partial charge in [-0.3, -0.25) is 10.1 Å². The Morgan fingerprint density at radius 2 is 2.07 bits per heavy atom. The Labute approximate surface area is 162 Å². The highest BCUT2D eigenvalue weighted by atomic mass is 32.2. The van der Waals surface area contributed by atoms with E-state index in [1.165, 1.54) is 23.9 Å². The predicted octanol–water partition coefficient (Wildman–Crippen LogP) is 3.22. The normalized spacial score (nSPS) is 10.9. The van der Waals surface area contributed by atoms with Crippen molar-refractivity contribution in [2.24, 2.45) is 0 Å². The Hall–Kier alpha value is -3.60. The zero-order chi connectivity index (χ0) is 19.5. The van der Waals surface area contributed by atoms with E-state index in [0.29, 0.717) is 22.4 Å². The van der Waals surface area contributed by atoms with Crippen LogP contribution in [0.2, 0.25) is 0 Å². The molecule has 11 heteroatoms. The maximum atomic E-state index is 10.9. The maximum Gasteiger partial charge on any atom is 0.270 e. The predicted molar refractivity (Wildman–Crippen MR) is 99.8 cm³/mol. The highest BCUT2D eigenvalue weighted by molar-refractivity contribution is 7.98. The molecule has 4 aromatic rings. The summed E-state index contributed by atoms with van der Waals surface area (Å²) in [4.78, 5) is 14.7. The maximum absolute atomic E-state index is 10.9. The summed E-state index contributed by atoms with van der Waals surface area (Å²) in [6.45, 7) is 1.99. The van der Waals surface area contributed by atoms with E-state index in [2.05, 4.69) is 25.7 Å². The molecule has 2 aromatic heterocycles. The van der Waals surface area contributed by atoms with Gasteiger partial charge in [-0.25, -0.2) is 0 Å². The minimum Gasteiger partial charge on any atom is -0.338 e. The highest BCUT2D eigenvalue weighted by Gasteiger charge is 2.15. The number of tetrazole rings is 1. The zero-order valence-corrected chi connectivity index (χ0v) is 15.4. The van der Waals surface area contributed by atoms with Crippen molar-refractivity contribution in [2.75, 3.05) is 0 Å². The summed E-state index contributed by atoms with van der Waals surface area (Å²) in [7, 11) is 0. The molecule has 0 aliphatic rings. The number of rotatable bonds is 6. The van der Waals surface area contributed by atoms with E-state index in [1.807, 2.05) is 31.2 Å². The number of aromatic nitrogens is 6. The lowest BCUT2D eigenvalue weighted by atomic mass is 10.2. The first-order chi connectivity index (χ1) is 13.6. The van der Waals surface area contributed by atoms with Gasteiger partial charge in [-0.15, -0.1) is 5.10 Å². The van der Waals surface area contributed by atoms with Crippen molar-refractivity contribution in [3.63, 3.8) is 0 Å². The molecule has 0 N–H and O–H groups in total. The summed E-state index contributed by atoms with van der Waals surface area (Å²) in [6.07, 6.45) is 0. The molecule has 0 spiro atoms. The van der Waals surface area contributed by atoms with Gasteiger partial charge in [0.15, 0.2) is 0 Å². The highest BCUT2D eigenvalue weighted by Crippen LogP contribution is 2.25. The summed E-state index contributed by atoms with van der Waals surface area (Å²) < 4.78 is 6.89. The minimum atomic E-state index is -0.467. The number of non-ortho nitro benzene ring substituents is 1. The first kappa shape index (κ1) is 17.8. The summed E-state index contributed by atoms with van der Waals surface area (Å²) in [5.74, 6) is 1.01. The van der Waals surface area contributed by atoms with Gasteiger partial charge in [0.2, 0.25) is 16.9 Å². The monoisotopic (exact) mass is 395 g/mol. The average molecular weight is 395 g/mol. The van der Waals surface area contributed by atoms with Gasteiger partial charge in [-0.05, 0) is 35.0 Å². The summed E-state index contributed by atoms with van der Waals surface area (Å²) in [5, 5.41) is 27.2. The zero-order valence-electron chi connectivity index (χ0n) is 14.6. The van der Waals surface area contributed by atoms with Gasteiger partial charge < -0.3 is 4.52 Å². The van der Waals surface area contributed by atoms with Gasteiger partial charge >= 0.3 is 0 Å². The van der Waals surface area contributed by atoms with Gasteiger partial charge in [0.25, 0.3) is 5.69 Å². The summed E-state index contributed by atoms with van der Waals surface area (Å²) in [6, 6.07) is 13.9. The van der Waals surface area contributed by atoms with Crippen LogP contribution in [-0.4, -0.2) is 35.3 Å². The average Bonchev–Trinajstić information content (AvgIpc) is 3.36. The Morgan fingerprint density at radius 1 is 1.21 bits per heavy atom. The molecule has 0 amide bonds. The smallest absolute Gasteiger partial charge is 0.270 e. The van der Waals surface area contributed by atoms with E-state index in [-0.39, 0.29) is 11.5 Å². The number of thioether (sulfide) groups is 1. The Bertz CT molecular complexity index is 1140. The first-order valence-electron chi connectivity index (χ1n) is 8.16. The van der Waals surface area contributed by atoms with Crippen molar-refractivity contribution in [3.8, 4) is 17.1 Å². The number of nitrogens with zero attached hydrogens (tertiary/aromatic N) is 7. The first-order valence-corrected chi connectivity index (χ1v) is 9.14. The number of nitro groups is 1. The van der Waals surface area contributed by atoms with Crippen molar-refractivity contribution in [1.29, 1.82) is 0 Å². The fourth-order valence-corrected chi connectivity index (χ4v) is 3.23. The summed E-state index contributed by atoms with van der Waals surface area (Å²) in [5.41, 5.74) is 2.44. The van der Waals surface area contributed by atoms with Crippen LogP contribution in [0.5, 0.6) is 0 Å². The van der Waals surface area contributed by atoms with Crippen LogP contribution in [0.25, 0.3) is 17.1 Å². The third-order valence-electron chi connectivity index (χ3n) is 3.80. The van der Waals surface area contributed by atoms with Gasteiger partial charge in [-0.1, -0.05) is 41.2 Å². The molecule has 4 rings (SSSR count). The number of hydrogen-bond acceptors (Lipinski definition) is 9. The molecule has 0 saturated heterocycles. The molecular formula is C17H13N7O3S. The molecule has 0 saturated carbocycles. The topological polar surface area (TPSA) is 126 Å². The molecule has 0 aliphatic carbocycles. The van der Waals surface area contributed by atoms with Crippen molar-refractivity contribution < 1.29 is 9.45 Å². The van der Waals surface area contributed by atoms with E-state index in [9.17, 15) is 10.1 Å². The van der Waals surface area contributed by atoms with E-state index in [1.54, 1.807) is 16.8 Å². The molecule has 0 bridgehead atoms. The molecule has 0 fully saturated rings. The third-order valence-corrected chi connectivity index (χ3v) is 4.70. The lowest BCUT2D eigenvalue weighted by Gasteiger charge is -2.03. The molecule has 0 atom stereocenters. The molecular weight excluding hydrogens is 382 g/mol. The molecule has 140 valence electrons. The number of aryl methyl sites for hydroxylation is 1. The van der Waals surface area contributed by atoms with Gasteiger partial charge in [0, 0.05) is 17.7 Å². The van der Waals surface area contributed by atoms with E-state index in [0.717, 1.165) is 11.3 Å². The van der Waals surface area contributed by atoms with Crippen molar-refractivity contribution in [3.05, 3.63) is 70.1 Å². The SMILES string of the molecule is Cc1cccc(-n2nnnc2SCc2nc(-c3cccc([N+](=O)[O-])c3)no2)c1. The molecule has 28 heavy (non-hydrogen) atoms. The van der Waals surface area contributed by atoms with Crippen molar-refractivity contribution in [1.82, 2.24) is 30.3 Å². The van der Waals surface area contributed by atoms with Gasteiger partial charge in [0.1, 0.15) is 0 Å². The minimum absolute atomic E-state index is 0.0319. The number of nitro benzene ring substituents is 1.